The second-order valence-corrected chi connectivity index (χ2v) is 8.92. The Morgan fingerprint density at radius 2 is 2.00 bits per heavy atom. The number of hydrogen-bond donors (Lipinski definition) is 2. The van der Waals surface area contributed by atoms with E-state index in [4.69, 9.17) is 12.2 Å². The fourth-order valence-corrected chi connectivity index (χ4v) is 4.46. The number of thioether (sulfide) groups is 1. The van der Waals surface area contributed by atoms with E-state index < -0.39 is 10.7 Å². The first-order valence-corrected chi connectivity index (χ1v) is 11.2. The highest BCUT2D eigenvalue weighted by Gasteiger charge is 2.31. The molecule has 1 aliphatic heterocycles. The molecule has 1 heterocycles. The second kappa shape index (κ2) is 10.9. The number of aromatic hydroxyl groups is 1. The molecule has 0 atom stereocenters. The zero-order valence-electron chi connectivity index (χ0n) is 17.7. The van der Waals surface area contributed by atoms with E-state index in [0.29, 0.717) is 15.6 Å². The maximum Gasteiger partial charge on any atom is 0.273 e. The summed E-state index contributed by atoms with van der Waals surface area (Å²) in [6.45, 7) is 2.20. The summed E-state index contributed by atoms with van der Waals surface area (Å²) in [5.74, 6) is -0.973. The number of phenols is 1. The van der Waals surface area contributed by atoms with Gasteiger partial charge in [-0.15, -0.1) is 0 Å². The third-order valence-electron chi connectivity index (χ3n) is 4.68. The average molecular weight is 484 g/mol. The number of hydrogen-bond acceptors (Lipinski definition) is 7. The van der Waals surface area contributed by atoms with Crippen molar-refractivity contribution in [2.45, 2.75) is 19.8 Å². The number of thiocarbonyl (C=S) groups is 1. The molecule has 33 heavy (non-hydrogen) atoms. The van der Waals surface area contributed by atoms with E-state index in [1.165, 1.54) is 28.8 Å². The van der Waals surface area contributed by atoms with E-state index in [-0.39, 0.29) is 36.2 Å². The van der Waals surface area contributed by atoms with Crippen LogP contribution in [0, 0.1) is 10.1 Å². The Balaban J connectivity index is 1.54. The van der Waals surface area contributed by atoms with Gasteiger partial charge in [0.15, 0.2) is 0 Å². The van der Waals surface area contributed by atoms with E-state index >= 15 is 0 Å². The smallest absolute Gasteiger partial charge is 0.273 e. The predicted molar refractivity (Wildman–Crippen MR) is 133 cm³/mol. The lowest BCUT2D eigenvalue weighted by molar-refractivity contribution is -0.384. The lowest BCUT2D eigenvalue weighted by Gasteiger charge is -2.14. The van der Waals surface area contributed by atoms with E-state index in [1.54, 1.807) is 6.08 Å². The minimum absolute atomic E-state index is 0.0828. The zero-order valence-corrected chi connectivity index (χ0v) is 19.3. The Bertz CT molecular complexity index is 1160. The van der Waals surface area contributed by atoms with Gasteiger partial charge in [0.25, 0.3) is 11.6 Å². The fraction of sp³-hybridized carbons (Fsp3) is 0.174. The van der Waals surface area contributed by atoms with Crippen LogP contribution in [0.1, 0.15) is 25.3 Å². The summed E-state index contributed by atoms with van der Waals surface area (Å²) < 4.78 is 0.437. The normalized spacial score (nSPS) is 15.2. The van der Waals surface area contributed by atoms with Crippen molar-refractivity contribution in [2.75, 3.05) is 11.9 Å². The van der Waals surface area contributed by atoms with Crippen LogP contribution >= 0.6 is 24.0 Å². The van der Waals surface area contributed by atoms with Gasteiger partial charge >= 0.3 is 0 Å². The van der Waals surface area contributed by atoms with Crippen LogP contribution in [0.5, 0.6) is 5.75 Å². The minimum Gasteiger partial charge on any atom is -0.506 e. The molecule has 170 valence electrons. The number of nitrogens with one attached hydrogen (secondary N) is 1. The molecule has 2 aromatic carbocycles. The molecule has 0 radical (unpaired) electrons. The SMILES string of the molecule is CC(/C=C1\SC(=S)N(CCCC(=O)Nc2ccc([N+](=O)[O-])cc2O)C1=O)=C\c1ccccc1. The fourth-order valence-electron chi connectivity index (χ4n) is 3.10. The molecule has 10 heteroatoms. The van der Waals surface area contributed by atoms with Crippen LogP contribution in [0.25, 0.3) is 6.08 Å². The first-order valence-electron chi connectivity index (χ1n) is 10.0. The average Bonchev–Trinajstić information content (AvgIpc) is 3.03. The van der Waals surface area contributed by atoms with Gasteiger partial charge in [0.05, 0.1) is 21.6 Å². The molecule has 1 saturated heterocycles. The molecule has 0 saturated carbocycles. The van der Waals surface area contributed by atoms with Gasteiger partial charge in [-0.25, -0.2) is 0 Å². The van der Waals surface area contributed by atoms with Gasteiger partial charge in [0, 0.05) is 19.0 Å². The molecule has 1 fully saturated rings. The summed E-state index contributed by atoms with van der Waals surface area (Å²) in [4.78, 5) is 37.0. The molecule has 0 aromatic heterocycles. The number of carbonyl (C=O) groups is 2. The van der Waals surface area contributed by atoms with E-state index in [0.717, 1.165) is 17.2 Å². The topological polar surface area (TPSA) is 113 Å². The van der Waals surface area contributed by atoms with Crippen molar-refractivity contribution in [3.63, 3.8) is 0 Å². The Morgan fingerprint density at radius 1 is 1.27 bits per heavy atom. The molecule has 3 rings (SSSR count). The van der Waals surface area contributed by atoms with Gasteiger partial charge in [-0.05, 0) is 36.6 Å². The summed E-state index contributed by atoms with van der Waals surface area (Å²) in [6, 6.07) is 13.2. The van der Waals surface area contributed by atoms with Crippen molar-refractivity contribution in [2.24, 2.45) is 0 Å². The van der Waals surface area contributed by atoms with Gasteiger partial charge in [0.2, 0.25) is 5.91 Å². The summed E-state index contributed by atoms with van der Waals surface area (Å²) in [5, 5.41) is 23.1. The summed E-state index contributed by atoms with van der Waals surface area (Å²) in [6.07, 6.45) is 4.22. The van der Waals surface area contributed by atoms with E-state index in [1.807, 2.05) is 43.3 Å². The Hall–Kier alpha value is -3.50. The quantitative estimate of drug-likeness (QED) is 0.181. The maximum atomic E-state index is 12.7. The molecule has 0 spiro atoms. The number of non-ortho nitro benzene ring substituents is 1. The van der Waals surface area contributed by atoms with Crippen molar-refractivity contribution in [1.29, 1.82) is 0 Å². The highest BCUT2D eigenvalue weighted by atomic mass is 32.2. The van der Waals surface area contributed by atoms with Crippen LogP contribution in [-0.4, -0.2) is 37.6 Å². The van der Waals surface area contributed by atoms with Crippen LogP contribution in [0.3, 0.4) is 0 Å². The number of phenolic OH excluding ortho intramolecular Hbond substituents is 1. The number of rotatable bonds is 8. The van der Waals surface area contributed by atoms with Gasteiger partial charge in [-0.2, -0.15) is 0 Å². The van der Waals surface area contributed by atoms with Gasteiger partial charge in [0.1, 0.15) is 10.1 Å². The molecular formula is C23H21N3O5S2. The van der Waals surface area contributed by atoms with Gasteiger partial charge in [-0.1, -0.05) is 60.4 Å². The zero-order chi connectivity index (χ0) is 24.0. The van der Waals surface area contributed by atoms with E-state index in [2.05, 4.69) is 5.32 Å². The molecule has 2 aromatic rings. The van der Waals surface area contributed by atoms with Crippen LogP contribution in [0.2, 0.25) is 0 Å². The Labute approximate surface area is 200 Å². The van der Waals surface area contributed by atoms with Gasteiger partial charge in [-0.3, -0.25) is 24.6 Å². The van der Waals surface area contributed by atoms with Crippen molar-refractivity contribution in [3.05, 3.63) is 80.8 Å². The Morgan fingerprint density at radius 3 is 2.67 bits per heavy atom. The molecule has 2 N–H and O–H groups in total. The number of amides is 2. The van der Waals surface area contributed by atoms with E-state index in [9.17, 15) is 24.8 Å². The molecular weight excluding hydrogens is 462 g/mol. The van der Waals surface area contributed by atoms with Crippen molar-refractivity contribution < 1.29 is 19.6 Å². The van der Waals surface area contributed by atoms with Crippen molar-refractivity contribution in [3.8, 4) is 5.75 Å². The number of carbonyl (C=O) groups excluding carboxylic acids is 2. The van der Waals surface area contributed by atoms with Crippen LogP contribution in [-0.2, 0) is 9.59 Å². The largest absolute Gasteiger partial charge is 0.506 e. The molecule has 0 bridgehead atoms. The highest BCUT2D eigenvalue weighted by molar-refractivity contribution is 8.26. The number of nitro groups is 1. The summed E-state index contributed by atoms with van der Waals surface area (Å²) in [7, 11) is 0. The third kappa shape index (κ3) is 6.50. The first kappa shape index (κ1) is 24.1. The lowest BCUT2D eigenvalue weighted by Crippen LogP contribution is -2.29. The number of benzene rings is 2. The monoisotopic (exact) mass is 483 g/mol. The number of allylic oxidation sites excluding steroid dienone is 2. The summed E-state index contributed by atoms with van der Waals surface area (Å²) >= 11 is 6.56. The molecule has 1 aliphatic rings. The van der Waals surface area contributed by atoms with Crippen molar-refractivity contribution in [1.82, 2.24) is 4.90 Å². The third-order valence-corrected chi connectivity index (χ3v) is 6.06. The van der Waals surface area contributed by atoms with Crippen LogP contribution < -0.4 is 5.32 Å². The van der Waals surface area contributed by atoms with Gasteiger partial charge < -0.3 is 10.4 Å². The van der Waals surface area contributed by atoms with Crippen LogP contribution in [0.4, 0.5) is 11.4 Å². The second-order valence-electron chi connectivity index (χ2n) is 7.24. The predicted octanol–water partition coefficient (Wildman–Crippen LogP) is 4.87. The standard InChI is InChI=1S/C23H21N3O5S2/c1-15(12-16-6-3-2-4-7-16)13-20-22(29)25(23(32)33-20)11-5-8-21(28)24-18-10-9-17(26(30)31)14-19(18)27/h2-4,6-7,9-10,12-14,27H,5,8,11H2,1H3,(H,24,28)/b15-12+,20-13-. The minimum atomic E-state index is -0.638. The Kier molecular flexibility index (Phi) is 7.96. The molecule has 8 nitrogen and oxygen atoms in total. The van der Waals surface area contributed by atoms with Crippen LogP contribution in [0.15, 0.2) is 65.1 Å². The number of anilines is 1. The first-order chi connectivity index (χ1) is 15.7. The molecule has 0 unspecified atom stereocenters. The molecule has 2 amide bonds. The number of nitrogens with zero attached hydrogens (tertiary/aromatic N) is 2. The number of nitro benzene ring substituents is 1. The lowest BCUT2D eigenvalue weighted by atomic mass is 10.1. The highest BCUT2D eigenvalue weighted by Crippen LogP contribution is 2.32. The molecule has 0 aliphatic carbocycles. The maximum absolute atomic E-state index is 12.7. The van der Waals surface area contributed by atoms with Crippen molar-refractivity contribution >= 4 is 57.6 Å². The summed E-state index contributed by atoms with van der Waals surface area (Å²) in [5.41, 5.74) is 1.76.